The van der Waals surface area contributed by atoms with E-state index in [0.717, 1.165) is 6.07 Å². The number of aliphatic carboxylic acids is 1. The van der Waals surface area contributed by atoms with Crippen molar-refractivity contribution in [2.24, 2.45) is 5.92 Å². The van der Waals surface area contributed by atoms with E-state index in [2.05, 4.69) is 5.32 Å². The van der Waals surface area contributed by atoms with E-state index in [-0.39, 0.29) is 17.2 Å². The highest BCUT2D eigenvalue weighted by molar-refractivity contribution is 5.98. The van der Waals surface area contributed by atoms with Crippen LogP contribution >= 0.6 is 0 Å². The van der Waals surface area contributed by atoms with Gasteiger partial charge in [0.2, 0.25) is 0 Å². The number of carboxylic acids is 1. The van der Waals surface area contributed by atoms with Crippen molar-refractivity contribution < 1.29 is 19.6 Å². The lowest BCUT2D eigenvalue weighted by Gasteiger charge is -2.20. The summed E-state index contributed by atoms with van der Waals surface area (Å²) < 4.78 is 0. The van der Waals surface area contributed by atoms with Crippen molar-refractivity contribution in [3.63, 3.8) is 0 Å². The Labute approximate surface area is 122 Å². The minimum absolute atomic E-state index is 0.110. The van der Waals surface area contributed by atoms with Crippen molar-refractivity contribution in [1.82, 2.24) is 5.32 Å². The topological polar surface area (TPSA) is 110 Å². The van der Waals surface area contributed by atoms with Crippen LogP contribution in [0.3, 0.4) is 0 Å². The van der Waals surface area contributed by atoms with Crippen LogP contribution in [0.2, 0.25) is 0 Å². The molecule has 0 aromatic heterocycles. The van der Waals surface area contributed by atoms with Gasteiger partial charge >= 0.3 is 5.97 Å². The van der Waals surface area contributed by atoms with Gasteiger partial charge < -0.3 is 10.4 Å². The van der Waals surface area contributed by atoms with E-state index < -0.39 is 22.8 Å². The summed E-state index contributed by atoms with van der Waals surface area (Å²) in [6.45, 7) is 5.18. The van der Waals surface area contributed by atoms with Crippen LogP contribution in [0.1, 0.15) is 36.2 Å². The first-order valence-electron chi connectivity index (χ1n) is 6.56. The van der Waals surface area contributed by atoms with Gasteiger partial charge in [-0.05, 0) is 18.4 Å². The normalized spacial score (nSPS) is 13.3. The summed E-state index contributed by atoms with van der Waals surface area (Å²) in [4.78, 5) is 33.5. The smallest absolute Gasteiger partial charge is 0.326 e. The monoisotopic (exact) mass is 294 g/mol. The molecule has 2 unspecified atom stereocenters. The summed E-state index contributed by atoms with van der Waals surface area (Å²) in [5.41, 5.74) is 0.450. The molecule has 0 bridgehead atoms. The maximum absolute atomic E-state index is 12.2. The van der Waals surface area contributed by atoms with Crippen LogP contribution in [-0.2, 0) is 4.79 Å². The van der Waals surface area contributed by atoms with Crippen LogP contribution in [0.5, 0.6) is 0 Å². The predicted molar refractivity (Wildman–Crippen MR) is 76.2 cm³/mol. The maximum atomic E-state index is 12.2. The second kappa shape index (κ2) is 6.83. The zero-order chi connectivity index (χ0) is 16.2. The molecule has 0 radical (unpaired) electrons. The molecule has 7 heteroatoms. The van der Waals surface area contributed by atoms with E-state index in [1.165, 1.54) is 12.1 Å². The molecular formula is C14H18N2O5. The number of rotatable bonds is 6. The standard InChI is InChI=1S/C14H18N2O5/c1-4-8(2)12(14(18)19)15-13(17)11-7-10(16(20)21)6-5-9(11)3/h5-8,12H,4H2,1-3H3,(H,15,17)(H,18,19). The van der Waals surface area contributed by atoms with Gasteiger partial charge in [-0.15, -0.1) is 0 Å². The number of benzene rings is 1. The molecule has 2 atom stereocenters. The molecule has 0 fully saturated rings. The second-order valence-corrected chi connectivity index (χ2v) is 4.93. The molecule has 0 saturated carbocycles. The molecule has 0 heterocycles. The lowest BCUT2D eigenvalue weighted by molar-refractivity contribution is -0.384. The SMILES string of the molecule is CCC(C)C(NC(=O)c1cc([N+](=O)[O-])ccc1C)C(=O)O. The number of non-ortho nitro benzene ring substituents is 1. The molecular weight excluding hydrogens is 276 g/mol. The number of carboxylic acid groups (broad SMARTS) is 1. The first-order chi connectivity index (χ1) is 9.77. The van der Waals surface area contributed by atoms with Crippen LogP contribution in [0.25, 0.3) is 0 Å². The number of nitro benzene ring substituents is 1. The summed E-state index contributed by atoms with van der Waals surface area (Å²) in [5, 5.41) is 22.3. The van der Waals surface area contributed by atoms with Gasteiger partial charge in [0, 0.05) is 17.7 Å². The highest BCUT2D eigenvalue weighted by Crippen LogP contribution is 2.18. The quantitative estimate of drug-likeness (QED) is 0.617. The fourth-order valence-corrected chi connectivity index (χ4v) is 1.87. The van der Waals surface area contributed by atoms with Gasteiger partial charge in [0.15, 0.2) is 0 Å². The molecule has 0 saturated heterocycles. The van der Waals surface area contributed by atoms with Gasteiger partial charge in [0.1, 0.15) is 6.04 Å². The third-order valence-electron chi connectivity index (χ3n) is 3.44. The average Bonchev–Trinajstić information content (AvgIpc) is 2.43. The highest BCUT2D eigenvalue weighted by atomic mass is 16.6. The minimum atomic E-state index is -1.12. The lowest BCUT2D eigenvalue weighted by Crippen LogP contribution is -2.45. The fourth-order valence-electron chi connectivity index (χ4n) is 1.87. The number of aryl methyl sites for hydroxylation is 1. The number of nitrogens with one attached hydrogen (secondary N) is 1. The predicted octanol–water partition coefficient (Wildman–Crippen LogP) is 2.13. The Morgan fingerprint density at radius 2 is 2.05 bits per heavy atom. The molecule has 21 heavy (non-hydrogen) atoms. The molecule has 0 aliphatic heterocycles. The molecule has 0 spiro atoms. The van der Waals surface area contributed by atoms with Crippen LogP contribution in [0, 0.1) is 23.0 Å². The number of nitro groups is 1. The summed E-state index contributed by atoms with van der Waals surface area (Å²) in [7, 11) is 0. The van der Waals surface area contributed by atoms with Crippen molar-refractivity contribution in [2.45, 2.75) is 33.2 Å². The summed E-state index contributed by atoms with van der Waals surface area (Å²) in [6.07, 6.45) is 0.588. The number of hydrogen-bond acceptors (Lipinski definition) is 4. The molecule has 1 rings (SSSR count). The number of nitrogens with zero attached hydrogens (tertiary/aromatic N) is 1. The molecule has 0 aliphatic rings. The van der Waals surface area contributed by atoms with Crippen LogP contribution in [0.4, 0.5) is 5.69 Å². The fraction of sp³-hybridized carbons (Fsp3) is 0.429. The third kappa shape index (κ3) is 4.01. The Morgan fingerprint density at radius 1 is 1.43 bits per heavy atom. The van der Waals surface area contributed by atoms with Gasteiger partial charge in [-0.3, -0.25) is 14.9 Å². The summed E-state index contributed by atoms with van der Waals surface area (Å²) >= 11 is 0. The first-order valence-corrected chi connectivity index (χ1v) is 6.56. The van der Waals surface area contributed by atoms with E-state index in [9.17, 15) is 19.7 Å². The molecule has 7 nitrogen and oxygen atoms in total. The van der Waals surface area contributed by atoms with Crippen molar-refractivity contribution in [3.8, 4) is 0 Å². The van der Waals surface area contributed by atoms with E-state index in [4.69, 9.17) is 5.11 Å². The van der Waals surface area contributed by atoms with Crippen molar-refractivity contribution in [2.75, 3.05) is 0 Å². The van der Waals surface area contributed by atoms with Gasteiger partial charge in [0.05, 0.1) is 4.92 Å². The van der Waals surface area contributed by atoms with Gasteiger partial charge in [-0.25, -0.2) is 4.79 Å². The first kappa shape index (κ1) is 16.6. The van der Waals surface area contributed by atoms with Gasteiger partial charge in [0.25, 0.3) is 11.6 Å². The van der Waals surface area contributed by atoms with Crippen molar-refractivity contribution in [3.05, 3.63) is 39.4 Å². The van der Waals surface area contributed by atoms with E-state index >= 15 is 0 Å². The Kier molecular flexibility index (Phi) is 5.40. The zero-order valence-corrected chi connectivity index (χ0v) is 12.1. The van der Waals surface area contributed by atoms with Crippen LogP contribution in [-0.4, -0.2) is 27.9 Å². The highest BCUT2D eigenvalue weighted by Gasteiger charge is 2.26. The molecule has 0 aliphatic carbocycles. The Bertz CT molecular complexity index is 570. The molecule has 1 aromatic rings. The number of hydrogen-bond donors (Lipinski definition) is 2. The number of amides is 1. The Hall–Kier alpha value is -2.44. The zero-order valence-electron chi connectivity index (χ0n) is 12.1. The van der Waals surface area contributed by atoms with Crippen LogP contribution in [0.15, 0.2) is 18.2 Å². The Balaban J connectivity index is 3.05. The molecule has 1 amide bonds. The van der Waals surface area contributed by atoms with Gasteiger partial charge in [-0.2, -0.15) is 0 Å². The third-order valence-corrected chi connectivity index (χ3v) is 3.44. The molecule has 114 valence electrons. The molecule has 1 aromatic carbocycles. The number of carbonyl (C=O) groups excluding carboxylic acids is 1. The lowest BCUT2D eigenvalue weighted by atomic mass is 9.98. The van der Waals surface area contributed by atoms with Gasteiger partial charge in [-0.1, -0.05) is 26.3 Å². The molecule has 2 N–H and O–H groups in total. The van der Waals surface area contributed by atoms with Crippen LogP contribution < -0.4 is 5.32 Å². The van der Waals surface area contributed by atoms with E-state index in [1.807, 2.05) is 6.92 Å². The second-order valence-electron chi connectivity index (χ2n) is 4.93. The number of carbonyl (C=O) groups is 2. The largest absolute Gasteiger partial charge is 0.480 e. The summed E-state index contributed by atoms with van der Waals surface area (Å²) in [6, 6.07) is 2.89. The summed E-state index contributed by atoms with van der Waals surface area (Å²) in [5.74, 6) is -1.99. The van der Waals surface area contributed by atoms with Crippen molar-refractivity contribution >= 4 is 17.6 Å². The Morgan fingerprint density at radius 3 is 2.52 bits per heavy atom. The van der Waals surface area contributed by atoms with E-state index in [0.29, 0.717) is 12.0 Å². The van der Waals surface area contributed by atoms with Crippen molar-refractivity contribution in [1.29, 1.82) is 0 Å². The maximum Gasteiger partial charge on any atom is 0.326 e. The minimum Gasteiger partial charge on any atom is -0.480 e. The van der Waals surface area contributed by atoms with E-state index in [1.54, 1.807) is 13.8 Å². The average molecular weight is 294 g/mol.